The second-order valence-electron chi connectivity index (χ2n) is 2.77. The standard InChI is InChI=1S/C9H16O/c1-2-3-6-9-7-4-5-8-10-9/h4,7,9H,2-3,5-6,8H2,1H3. The van der Waals surface area contributed by atoms with Crippen LogP contribution >= 0.6 is 0 Å². The van der Waals surface area contributed by atoms with Crippen molar-refractivity contribution in [3.05, 3.63) is 12.2 Å². The van der Waals surface area contributed by atoms with Gasteiger partial charge in [0.05, 0.1) is 12.7 Å². The molecule has 1 heteroatoms. The minimum Gasteiger partial charge on any atom is -0.374 e. The van der Waals surface area contributed by atoms with Gasteiger partial charge in [-0.25, -0.2) is 0 Å². The van der Waals surface area contributed by atoms with Crippen molar-refractivity contribution in [3.8, 4) is 0 Å². The Morgan fingerprint density at radius 1 is 1.60 bits per heavy atom. The van der Waals surface area contributed by atoms with E-state index in [4.69, 9.17) is 4.74 Å². The molecule has 10 heavy (non-hydrogen) atoms. The van der Waals surface area contributed by atoms with Gasteiger partial charge in [-0.05, 0) is 12.8 Å². The molecule has 0 aromatic heterocycles. The lowest BCUT2D eigenvalue weighted by Gasteiger charge is -2.16. The normalized spacial score (nSPS) is 25.1. The van der Waals surface area contributed by atoms with E-state index in [1.165, 1.54) is 19.3 Å². The van der Waals surface area contributed by atoms with Crippen molar-refractivity contribution in [2.24, 2.45) is 0 Å². The monoisotopic (exact) mass is 140 g/mol. The zero-order chi connectivity index (χ0) is 7.23. The zero-order valence-corrected chi connectivity index (χ0v) is 6.68. The molecule has 58 valence electrons. The fourth-order valence-corrected chi connectivity index (χ4v) is 1.18. The van der Waals surface area contributed by atoms with E-state index < -0.39 is 0 Å². The molecule has 1 aliphatic heterocycles. The van der Waals surface area contributed by atoms with E-state index >= 15 is 0 Å². The van der Waals surface area contributed by atoms with Crippen LogP contribution in [0.1, 0.15) is 32.6 Å². The van der Waals surface area contributed by atoms with Crippen molar-refractivity contribution < 1.29 is 4.74 Å². The van der Waals surface area contributed by atoms with Crippen molar-refractivity contribution in [3.63, 3.8) is 0 Å². The zero-order valence-electron chi connectivity index (χ0n) is 6.68. The van der Waals surface area contributed by atoms with Gasteiger partial charge in [-0.1, -0.05) is 31.9 Å². The number of rotatable bonds is 3. The Hall–Kier alpha value is -0.300. The first kappa shape index (κ1) is 7.80. The van der Waals surface area contributed by atoms with Crippen LogP contribution in [0.2, 0.25) is 0 Å². The summed E-state index contributed by atoms with van der Waals surface area (Å²) >= 11 is 0. The van der Waals surface area contributed by atoms with Crippen LogP contribution in [0.4, 0.5) is 0 Å². The summed E-state index contributed by atoms with van der Waals surface area (Å²) in [5.41, 5.74) is 0. The van der Waals surface area contributed by atoms with E-state index in [1.54, 1.807) is 0 Å². The van der Waals surface area contributed by atoms with Crippen molar-refractivity contribution in [2.75, 3.05) is 6.61 Å². The largest absolute Gasteiger partial charge is 0.374 e. The third kappa shape index (κ3) is 2.53. The summed E-state index contributed by atoms with van der Waals surface area (Å²) in [5, 5.41) is 0. The molecule has 0 aromatic carbocycles. The fraction of sp³-hybridized carbons (Fsp3) is 0.778. The maximum Gasteiger partial charge on any atom is 0.0755 e. The van der Waals surface area contributed by atoms with Crippen LogP contribution in [0, 0.1) is 0 Å². The second-order valence-corrected chi connectivity index (χ2v) is 2.77. The molecule has 1 aliphatic rings. The van der Waals surface area contributed by atoms with Gasteiger partial charge < -0.3 is 4.74 Å². The Kier molecular flexibility index (Phi) is 3.52. The molecule has 1 rings (SSSR count). The number of unbranched alkanes of at least 4 members (excludes halogenated alkanes) is 1. The lowest BCUT2D eigenvalue weighted by atomic mass is 10.1. The molecule has 0 spiro atoms. The molecule has 1 heterocycles. The second kappa shape index (κ2) is 4.51. The molecule has 0 bridgehead atoms. The van der Waals surface area contributed by atoms with Crippen LogP contribution in [0.5, 0.6) is 0 Å². The maximum absolute atomic E-state index is 5.49. The summed E-state index contributed by atoms with van der Waals surface area (Å²) in [6, 6.07) is 0. The van der Waals surface area contributed by atoms with Crippen molar-refractivity contribution in [2.45, 2.75) is 38.7 Å². The van der Waals surface area contributed by atoms with Gasteiger partial charge in [0.1, 0.15) is 0 Å². The Morgan fingerprint density at radius 2 is 2.50 bits per heavy atom. The first-order chi connectivity index (χ1) is 4.93. The molecular formula is C9H16O. The highest BCUT2D eigenvalue weighted by molar-refractivity contribution is 4.92. The van der Waals surface area contributed by atoms with Crippen LogP contribution in [0.3, 0.4) is 0 Å². The van der Waals surface area contributed by atoms with Crippen molar-refractivity contribution in [1.29, 1.82) is 0 Å². The lowest BCUT2D eigenvalue weighted by Crippen LogP contribution is -2.13. The average molecular weight is 140 g/mol. The first-order valence-corrected chi connectivity index (χ1v) is 4.21. The van der Waals surface area contributed by atoms with Gasteiger partial charge in [0, 0.05) is 0 Å². The molecule has 0 saturated carbocycles. The molecule has 0 fully saturated rings. The number of ether oxygens (including phenoxy) is 1. The molecule has 1 nitrogen and oxygen atoms in total. The smallest absolute Gasteiger partial charge is 0.0755 e. The summed E-state index contributed by atoms with van der Waals surface area (Å²) in [6.45, 7) is 3.14. The van der Waals surface area contributed by atoms with E-state index in [0.717, 1.165) is 13.0 Å². The molecule has 0 saturated heterocycles. The summed E-state index contributed by atoms with van der Waals surface area (Å²) < 4.78 is 5.49. The summed E-state index contributed by atoms with van der Waals surface area (Å²) in [7, 11) is 0. The van der Waals surface area contributed by atoms with E-state index in [-0.39, 0.29) is 0 Å². The highest BCUT2D eigenvalue weighted by Gasteiger charge is 2.06. The third-order valence-corrected chi connectivity index (χ3v) is 1.81. The van der Waals surface area contributed by atoms with Crippen LogP contribution in [-0.4, -0.2) is 12.7 Å². The lowest BCUT2D eigenvalue weighted by molar-refractivity contribution is 0.0728. The quantitative estimate of drug-likeness (QED) is 0.547. The van der Waals surface area contributed by atoms with Crippen LogP contribution in [0.15, 0.2) is 12.2 Å². The van der Waals surface area contributed by atoms with Crippen molar-refractivity contribution >= 4 is 0 Å². The van der Waals surface area contributed by atoms with Crippen LogP contribution in [-0.2, 0) is 4.74 Å². The van der Waals surface area contributed by atoms with Gasteiger partial charge in [-0.2, -0.15) is 0 Å². The Balaban J connectivity index is 2.13. The average Bonchev–Trinajstić information content (AvgIpc) is 2.03. The minimum atomic E-state index is 0.425. The number of hydrogen-bond donors (Lipinski definition) is 0. The fourth-order valence-electron chi connectivity index (χ4n) is 1.18. The SMILES string of the molecule is CCCCC1C=CCCO1. The molecule has 1 unspecified atom stereocenters. The van der Waals surface area contributed by atoms with Crippen LogP contribution < -0.4 is 0 Å². The van der Waals surface area contributed by atoms with Gasteiger partial charge in [-0.3, -0.25) is 0 Å². The van der Waals surface area contributed by atoms with E-state index in [1.807, 2.05) is 0 Å². The van der Waals surface area contributed by atoms with Gasteiger partial charge in [0.15, 0.2) is 0 Å². The maximum atomic E-state index is 5.49. The summed E-state index contributed by atoms with van der Waals surface area (Å²) in [6.07, 6.45) is 9.70. The predicted molar refractivity (Wildman–Crippen MR) is 43.0 cm³/mol. The van der Waals surface area contributed by atoms with Gasteiger partial charge in [-0.15, -0.1) is 0 Å². The number of hydrogen-bond acceptors (Lipinski definition) is 1. The first-order valence-electron chi connectivity index (χ1n) is 4.21. The molecule has 1 atom stereocenters. The molecule has 0 amide bonds. The third-order valence-electron chi connectivity index (χ3n) is 1.81. The minimum absolute atomic E-state index is 0.425. The van der Waals surface area contributed by atoms with Gasteiger partial charge in [0.2, 0.25) is 0 Å². The Bertz CT molecular complexity index is 107. The Morgan fingerprint density at radius 3 is 3.10 bits per heavy atom. The highest BCUT2D eigenvalue weighted by Crippen LogP contribution is 2.10. The van der Waals surface area contributed by atoms with Crippen molar-refractivity contribution in [1.82, 2.24) is 0 Å². The molecule has 0 aromatic rings. The summed E-state index contributed by atoms with van der Waals surface area (Å²) in [5.74, 6) is 0. The summed E-state index contributed by atoms with van der Waals surface area (Å²) in [4.78, 5) is 0. The van der Waals surface area contributed by atoms with E-state index in [0.29, 0.717) is 6.10 Å². The highest BCUT2D eigenvalue weighted by atomic mass is 16.5. The molecule has 0 radical (unpaired) electrons. The topological polar surface area (TPSA) is 9.23 Å². The predicted octanol–water partition coefficient (Wildman–Crippen LogP) is 2.52. The van der Waals surface area contributed by atoms with Gasteiger partial charge in [0.25, 0.3) is 0 Å². The Labute approximate surface area is 63.1 Å². The van der Waals surface area contributed by atoms with Gasteiger partial charge >= 0.3 is 0 Å². The van der Waals surface area contributed by atoms with E-state index in [2.05, 4.69) is 19.1 Å². The molecule has 0 N–H and O–H groups in total. The molecule has 0 aliphatic carbocycles. The van der Waals surface area contributed by atoms with E-state index in [9.17, 15) is 0 Å². The van der Waals surface area contributed by atoms with Crippen LogP contribution in [0.25, 0.3) is 0 Å². The molecular weight excluding hydrogens is 124 g/mol.